The quantitative estimate of drug-likeness (QED) is 0.314. The molecule has 2 N–H and O–H groups in total. The molecule has 4 aromatic rings. The molecule has 0 aliphatic carbocycles. The van der Waals surface area contributed by atoms with Crippen molar-refractivity contribution in [3.63, 3.8) is 0 Å². The summed E-state index contributed by atoms with van der Waals surface area (Å²) in [5.74, 6) is -0.304. The van der Waals surface area contributed by atoms with Crippen molar-refractivity contribution >= 4 is 35.9 Å². The SMILES string of the molecule is Cc1cc(C)cc(NC(=O)N2CCc3c([nH]c4ccc([Si](C)(C)C)cc34)C2c2cccc(F)c2)c1. The van der Waals surface area contributed by atoms with E-state index in [0.717, 1.165) is 40.0 Å². The smallest absolute Gasteiger partial charge is 0.322 e. The van der Waals surface area contributed by atoms with E-state index in [0.29, 0.717) is 6.54 Å². The van der Waals surface area contributed by atoms with Crippen LogP contribution in [0.15, 0.2) is 60.7 Å². The van der Waals surface area contributed by atoms with Gasteiger partial charge in [-0.1, -0.05) is 55.2 Å². The minimum atomic E-state index is -1.48. The van der Waals surface area contributed by atoms with Crippen LogP contribution >= 0.6 is 0 Å². The van der Waals surface area contributed by atoms with Crippen LogP contribution in [0.25, 0.3) is 10.9 Å². The summed E-state index contributed by atoms with van der Waals surface area (Å²) < 4.78 is 14.3. The highest BCUT2D eigenvalue weighted by atomic mass is 28.3. The lowest BCUT2D eigenvalue weighted by Gasteiger charge is -2.36. The highest BCUT2D eigenvalue weighted by Crippen LogP contribution is 2.39. The van der Waals surface area contributed by atoms with Crippen molar-refractivity contribution in [2.24, 2.45) is 0 Å². The van der Waals surface area contributed by atoms with Crippen LogP contribution in [-0.2, 0) is 6.42 Å². The predicted octanol–water partition coefficient (Wildman–Crippen LogP) is 6.65. The van der Waals surface area contributed by atoms with Crippen molar-refractivity contribution < 1.29 is 9.18 Å². The fourth-order valence-electron chi connectivity index (χ4n) is 5.24. The van der Waals surface area contributed by atoms with Gasteiger partial charge in [0.15, 0.2) is 0 Å². The first-order valence-electron chi connectivity index (χ1n) is 12.2. The summed E-state index contributed by atoms with van der Waals surface area (Å²) in [7, 11) is -1.48. The largest absolute Gasteiger partial charge is 0.356 e. The van der Waals surface area contributed by atoms with Gasteiger partial charge >= 0.3 is 6.03 Å². The molecular formula is C29H32FN3OSi. The Morgan fingerprint density at radius 1 is 1.03 bits per heavy atom. The minimum absolute atomic E-state index is 0.184. The zero-order chi connectivity index (χ0) is 24.9. The number of rotatable bonds is 3. The third-order valence-corrected chi connectivity index (χ3v) is 8.93. The third kappa shape index (κ3) is 4.50. The van der Waals surface area contributed by atoms with Crippen molar-refractivity contribution in [2.75, 3.05) is 11.9 Å². The number of amides is 2. The molecule has 1 aliphatic heterocycles. The molecule has 3 aromatic carbocycles. The lowest BCUT2D eigenvalue weighted by atomic mass is 9.92. The van der Waals surface area contributed by atoms with Gasteiger partial charge in [-0.3, -0.25) is 0 Å². The molecule has 0 saturated heterocycles. The normalized spacial score (nSPS) is 15.8. The number of benzene rings is 3. The number of aromatic amines is 1. The first-order valence-corrected chi connectivity index (χ1v) is 15.7. The second kappa shape index (κ2) is 8.68. The van der Waals surface area contributed by atoms with Crippen molar-refractivity contribution in [3.8, 4) is 0 Å². The Bertz CT molecular complexity index is 1420. The van der Waals surface area contributed by atoms with Gasteiger partial charge in [-0.15, -0.1) is 0 Å². The van der Waals surface area contributed by atoms with Crippen LogP contribution < -0.4 is 10.5 Å². The summed E-state index contributed by atoms with van der Waals surface area (Å²) in [4.78, 5) is 19.0. The van der Waals surface area contributed by atoms with E-state index in [9.17, 15) is 9.18 Å². The molecule has 0 radical (unpaired) electrons. The highest BCUT2D eigenvalue weighted by molar-refractivity contribution is 6.88. The van der Waals surface area contributed by atoms with Crippen LogP contribution in [0.5, 0.6) is 0 Å². The number of hydrogen-bond donors (Lipinski definition) is 2. The Morgan fingerprint density at radius 3 is 2.46 bits per heavy atom. The Hall–Kier alpha value is -3.38. The van der Waals surface area contributed by atoms with E-state index in [1.54, 1.807) is 6.07 Å². The first-order chi connectivity index (χ1) is 16.6. The molecule has 0 fully saturated rings. The predicted molar refractivity (Wildman–Crippen MR) is 145 cm³/mol. The topological polar surface area (TPSA) is 48.1 Å². The Morgan fingerprint density at radius 2 is 1.77 bits per heavy atom. The number of halogens is 1. The Labute approximate surface area is 207 Å². The molecule has 5 rings (SSSR count). The van der Waals surface area contributed by atoms with E-state index in [-0.39, 0.29) is 11.8 Å². The first kappa shape index (κ1) is 23.4. The van der Waals surface area contributed by atoms with E-state index in [1.165, 1.54) is 28.3 Å². The van der Waals surface area contributed by atoms with Crippen LogP contribution in [0.4, 0.5) is 14.9 Å². The lowest BCUT2D eigenvalue weighted by molar-refractivity contribution is 0.193. The van der Waals surface area contributed by atoms with Crippen LogP contribution in [-0.4, -0.2) is 30.5 Å². The summed E-state index contributed by atoms with van der Waals surface area (Å²) in [5.41, 5.74) is 6.99. The number of nitrogens with one attached hydrogen (secondary N) is 2. The van der Waals surface area contributed by atoms with E-state index >= 15 is 0 Å². The van der Waals surface area contributed by atoms with E-state index < -0.39 is 14.1 Å². The van der Waals surface area contributed by atoms with Gasteiger partial charge in [0.25, 0.3) is 0 Å². The number of H-pyrrole nitrogens is 1. The monoisotopic (exact) mass is 485 g/mol. The number of aryl methyl sites for hydroxylation is 2. The molecule has 35 heavy (non-hydrogen) atoms. The number of anilines is 1. The maximum absolute atomic E-state index is 14.3. The maximum Gasteiger partial charge on any atom is 0.322 e. The molecule has 1 atom stereocenters. The maximum atomic E-state index is 14.3. The number of hydrogen-bond acceptors (Lipinski definition) is 1. The standard InChI is InChI=1S/C29H32FN3OSi/c1-18-13-19(2)15-22(14-18)31-29(34)33-12-11-24-25-17-23(35(3,4)5)9-10-26(25)32-27(24)28(33)20-7-6-8-21(30)16-20/h6-10,13-17,28,32H,11-12H2,1-5H3,(H,31,34). The molecule has 0 saturated carbocycles. The van der Waals surface area contributed by atoms with Gasteiger partial charge in [0.1, 0.15) is 5.82 Å². The van der Waals surface area contributed by atoms with E-state index in [1.807, 2.05) is 36.9 Å². The molecule has 1 aromatic heterocycles. The number of carbonyl (C=O) groups excluding carboxylic acids is 1. The average Bonchev–Trinajstić information content (AvgIpc) is 3.15. The molecule has 0 bridgehead atoms. The molecule has 2 heterocycles. The van der Waals surface area contributed by atoms with E-state index in [4.69, 9.17) is 0 Å². The van der Waals surface area contributed by atoms with Gasteiger partial charge in [0, 0.05) is 28.8 Å². The van der Waals surface area contributed by atoms with Gasteiger partial charge < -0.3 is 15.2 Å². The van der Waals surface area contributed by atoms with Crippen molar-refractivity contribution in [1.29, 1.82) is 0 Å². The zero-order valence-corrected chi connectivity index (χ0v) is 22.0. The van der Waals surface area contributed by atoms with Crippen molar-refractivity contribution in [3.05, 3.63) is 94.4 Å². The summed E-state index contributed by atoms with van der Waals surface area (Å²) in [6, 6.07) is 18.7. The molecule has 180 valence electrons. The van der Waals surface area contributed by atoms with Gasteiger partial charge in [-0.25, -0.2) is 9.18 Å². The van der Waals surface area contributed by atoms with Crippen LogP contribution in [0, 0.1) is 19.7 Å². The molecule has 6 heteroatoms. The summed E-state index contributed by atoms with van der Waals surface area (Å²) in [5, 5.41) is 5.71. The van der Waals surface area contributed by atoms with Crippen LogP contribution in [0.3, 0.4) is 0 Å². The second-order valence-electron chi connectivity index (χ2n) is 10.7. The average molecular weight is 486 g/mol. The Kier molecular flexibility index (Phi) is 5.80. The fourth-order valence-corrected chi connectivity index (χ4v) is 6.40. The van der Waals surface area contributed by atoms with Crippen LogP contribution in [0.1, 0.15) is 34.0 Å². The summed E-state index contributed by atoms with van der Waals surface area (Å²) in [6.07, 6.45) is 0.747. The molecular weight excluding hydrogens is 453 g/mol. The summed E-state index contributed by atoms with van der Waals surface area (Å²) >= 11 is 0. The van der Waals surface area contributed by atoms with Gasteiger partial charge in [-0.2, -0.15) is 0 Å². The second-order valence-corrected chi connectivity index (χ2v) is 15.8. The number of aromatic nitrogens is 1. The van der Waals surface area contributed by atoms with E-state index in [2.05, 4.69) is 54.2 Å². The number of fused-ring (bicyclic) bond motifs is 3. The molecule has 2 amide bonds. The Balaban J connectivity index is 1.60. The molecule has 0 spiro atoms. The minimum Gasteiger partial charge on any atom is -0.356 e. The number of urea groups is 1. The summed E-state index contributed by atoms with van der Waals surface area (Å²) in [6.45, 7) is 11.6. The van der Waals surface area contributed by atoms with Gasteiger partial charge in [0.05, 0.1) is 14.1 Å². The van der Waals surface area contributed by atoms with Gasteiger partial charge in [0.2, 0.25) is 0 Å². The molecule has 1 aliphatic rings. The van der Waals surface area contributed by atoms with Crippen molar-refractivity contribution in [1.82, 2.24) is 9.88 Å². The lowest BCUT2D eigenvalue weighted by Crippen LogP contribution is -2.43. The fraction of sp³-hybridized carbons (Fsp3) is 0.276. The molecule has 1 unspecified atom stereocenters. The number of nitrogens with zero attached hydrogens (tertiary/aromatic N) is 1. The zero-order valence-electron chi connectivity index (χ0n) is 21.0. The molecule has 4 nitrogen and oxygen atoms in total. The van der Waals surface area contributed by atoms with Crippen LogP contribution in [0.2, 0.25) is 19.6 Å². The van der Waals surface area contributed by atoms with Crippen molar-refractivity contribution in [2.45, 2.75) is 46.0 Å². The third-order valence-electron chi connectivity index (χ3n) is 6.89. The van der Waals surface area contributed by atoms with Gasteiger partial charge in [-0.05, 0) is 72.9 Å². The number of carbonyl (C=O) groups is 1. The highest BCUT2D eigenvalue weighted by Gasteiger charge is 2.35.